The average Bonchev–Trinajstić information content (AvgIpc) is 2.86. The highest BCUT2D eigenvalue weighted by Crippen LogP contribution is 2.29. The van der Waals surface area contributed by atoms with Crippen LogP contribution in [0.3, 0.4) is 0 Å². The van der Waals surface area contributed by atoms with Gasteiger partial charge in [0.05, 0.1) is 10.6 Å². The lowest BCUT2D eigenvalue weighted by Crippen LogP contribution is -2.54. The van der Waals surface area contributed by atoms with Crippen molar-refractivity contribution < 1.29 is 18.0 Å². The molecule has 0 heterocycles. The number of aryl methyl sites for hydroxylation is 2. The minimum Gasteiger partial charge on any atom is -0.350 e. The highest BCUT2D eigenvalue weighted by Gasteiger charge is 2.34. The zero-order chi connectivity index (χ0) is 29.8. The van der Waals surface area contributed by atoms with E-state index in [2.05, 4.69) is 21.2 Å². The first kappa shape index (κ1) is 31.4. The van der Waals surface area contributed by atoms with Crippen molar-refractivity contribution in [2.45, 2.75) is 71.5 Å². The van der Waals surface area contributed by atoms with Crippen LogP contribution in [0.1, 0.15) is 49.9 Å². The number of amides is 2. The van der Waals surface area contributed by atoms with Crippen LogP contribution >= 0.6 is 15.9 Å². The molecule has 2 amide bonds. The molecule has 3 aromatic carbocycles. The van der Waals surface area contributed by atoms with E-state index < -0.39 is 34.1 Å². The van der Waals surface area contributed by atoms with Crippen LogP contribution in [0.2, 0.25) is 0 Å². The zero-order valence-corrected chi connectivity index (χ0v) is 26.6. The van der Waals surface area contributed by atoms with Crippen molar-refractivity contribution in [3.63, 3.8) is 0 Å². The van der Waals surface area contributed by atoms with E-state index in [9.17, 15) is 18.0 Å². The highest BCUT2D eigenvalue weighted by molar-refractivity contribution is 9.10. The van der Waals surface area contributed by atoms with E-state index in [1.54, 1.807) is 43.3 Å². The summed E-state index contributed by atoms with van der Waals surface area (Å²) in [5, 5.41) is 2.94. The van der Waals surface area contributed by atoms with Gasteiger partial charge in [-0.25, -0.2) is 8.42 Å². The minimum atomic E-state index is -4.12. The Morgan fingerprint density at radius 3 is 2.17 bits per heavy atom. The molecule has 0 spiro atoms. The van der Waals surface area contributed by atoms with E-state index >= 15 is 0 Å². The lowest BCUT2D eigenvalue weighted by molar-refractivity contribution is -0.140. The number of nitrogens with zero attached hydrogens (tertiary/aromatic N) is 2. The van der Waals surface area contributed by atoms with E-state index in [0.29, 0.717) is 5.69 Å². The summed E-state index contributed by atoms with van der Waals surface area (Å²) in [7, 11) is -4.12. The topological polar surface area (TPSA) is 86.8 Å². The molecule has 0 aliphatic heterocycles. The number of nitrogens with one attached hydrogen (secondary N) is 1. The minimum absolute atomic E-state index is 0.0869. The molecule has 7 nitrogen and oxygen atoms in total. The molecule has 0 aromatic heterocycles. The average molecular weight is 629 g/mol. The van der Waals surface area contributed by atoms with E-state index in [-0.39, 0.29) is 17.3 Å². The van der Waals surface area contributed by atoms with Crippen molar-refractivity contribution in [2.75, 3.05) is 10.8 Å². The lowest BCUT2D eigenvalue weighted by atomic mass is 10.1. The van der Waals surface area contributed by atoms with E-state index in [1.807, 2.05) is 71.9 Å². The van der Waals surface area contributed by atoms with Gasteiger partial charge in [0, 0.05) is 16.6 Å². The number of hydrogen-bond donors (Lipinski definition) is 1. The standard InChI is InChI=1S/C31H38BrN3O4S/c1-21-14-16-27(17-15-21)40(38,39)35(28-13-8-10-22(2)23(28)3)20-29(36)34(19-25-11-9-12-26(32)18-25)24(4)30(37)33-31(5,6)7/h8-18,24H,19-20H2,1-7H3,(H,33,37). The summed E-state index contributed by atoms with van der Waals surface area (Å²) < 4.78 is 30.1. The second-order valence-electron chi connectivity index (χ2n) is 11.1. The maximum absolute atomic E-state index is 14.1. The molecule has 0 aliphatic rings. The summed E-state index contributed by atoms with van der Waals surface area (Å²) in [5.41, 5.74) is 3.30. The van der Waals surface area contributed by atoms with Crippen LogP contribution in [0.25, 0.3) is 0 Å². The van der Waals surface area contributed by atoms with Crippen molar-refractivity contribution in [3.8, 4) is 0 Å². The first-order valence-corrected chi connectivity index (χ1v) is 15.3. The van der Waals surface area contributed by atoms with E-state index in [0.717, 1.165) is 31.0 Å². The summed E-state index contributed by atoms with van der Waals surface area (Å²) in [6.07, 6.45) is 0. The van der Waals surface area contributed by atoms with Gasteiger partial charge in [-0.05, 0) is 95.5 Å². The number of hydrogen-bond acceptors (Lipinski definition) is 4. The van der Waals surface area contributed by atoms with Crippen LogP contribution in [0.15, 0.2) is 76.1 Å². The van der Waals surface area contributed by atoms with Gasteiger partial charge in [-0.3, -0.25) is 13.9 Å². The van der Waals surface area contributed by atoms with Crippen LogP contribution in [0.5, 0.6) is 0 Å². The van der Waals surface area contributed by atoms with Crippen molar-refractivity contribution in [2.24, 2.45) is 0 Å². The summed E-state index contributed by atoms with van der Waals surface area (Å²) in [6.45, 7) is 12.5. The molecule has 9 heteroatoms. The molecule has 0 saturated carbocycles. The van der Waals surface area contributed by atoms with Gasteiger partial charge < -0.3 is 10.2 Å². The maximum atomic E-state index is 14.1. The molecule has 40 heavy (non-hydrogen) atoms. The van der Waals surface area contributed by atoms with Crippen LogP contribution < -0.4 is 9.62 Å². The van der Waals surface area contributed by atoms with E-state index in [1.165, 1.54) is 4.90 Å². The second kappa shape index (κ2) is 12.6. The number of anilines is 1. The Bertz CT molecular complexity index is 1480. The Hall–Kier alpha value is -3.17. The largest absolute Gasteiger partial charge is 0.350 e. The Morgan fingerprint density at radius 2 is 1.57 bits per heavy atom. The third-order valence-corrected chi connectivity index (χ3v) is 8.91. The monoisotopic (exact) mass is 627 g/mol. The Kier molecular flexibility index (Phi) is 9.85. The molecule has 0 bridgehead atoms. The Balaban J connectivity index is 2.08. The van der Waals surface area contributed by atoms with Crippen molar-refractivity contribution in [1.82, 2.24) is 10.2 Å². The molecule has 3 rings (SSSR count). The number of halogens is 1. The molecule has 0 saturated heterocycles. The Labute approximate surface area is 246 Å². The van der Waals surface area contributed by atoms with Crippen LogP contribution in [-0.4, -0.2) is 43.3 Å². The van der Waals surface area contributed by atoms with Gasteiger partial charge in [-0.1, -0.05) is 57.9 Å². The predicted octanol–water partition coefficient (Wildman–Crippen LogP) is 5.90. The van der Waals surface area contributed by atoms with Crippen molar-refractivity contribution in [1.29, 1.82) is 0 Å². The number of sulfonamides is 1. The van der Waals surface area contributed by atoms with Gasteiger partial charge in [0.1, 0.15) is 12.6 Å². The number of carbonyl (C=O) groups is 2. The first-order valence-electron chi connectivity index (χ1n) is 13.1. The van der Waals surface area contributed by atoms with Gasteiger partial charge in [0.25, 0.3) is 10.0 Å². The van der Waals surface area contributed by atoms with Crippen LogP contribution in [0.4, 0.5) is 5.69 Å². The molecule has 3 aromatic rings. The lowest BCUT2D eigenvalue weighted by Gasteiger charge is -2.34. The summed E-state index contributed by atoms with van der Waals surface area (Å²) >= 11 is 3.47. The Morgan fingerprint density at radius 1 is 0.950 bits per heavy atom. The number of rotatable bonds is 9. The number of benzene rings is 3. The second-order valence-corrected chi connectivity index (χ2v) is 13.9. The quantitative estimate of drug-likeness (QED) is 0.320. The van der Waals surface area contributed by atoms with Gasteiger partial charge >= 0.3 is 0 Å². The first-order chi connectivity index (χ1) is 18.6. The van der Waals surface area contributed by atoms with E-state index in [4.69, 9.17) is 0 Å². The molecule has 1 N–H and O–H groups in total. The van der Waals surface area contributed by atoms with Gasteiger partial charge in [0.2, 0.25) is 11.8 Å². The maximum Gasteiger partial charge on any atom is 0.264 e. The summed E-state index contributed by atoms with van der Waals surface area (Å²) in [6, 6.07) is 18.6. The smallest absolute Gasteiger partial charge is 0.264 e. The van der Waals surface area contributed by atoms with Crippen LogP contribution in [-0.2, 0) is 26.2 Å². The van der Waals surface area contributed by atoms with Gasteiger partial charge in [-0.2, -0.15) is 0 Å². The molecule has 0 radical (unpaired) electrons. The molecule has 0 aliphatic carbocycles. The zero-order valence-electron chi connectivity index (χ0n) is 24.2. The highest BCUT2D eigenvalue weighted by atomic mass is 79.9. The molecule has 0 fully saturated rings. The fourth-order valence-electron chi connectivity index (χ4n) is 4.25. The van der Waals surface area contributed by atoms with Gasteiger partial charge in [-0.15, -0.1) is 0 Å². The molecule has 1 atom stereocenters. The van der Waals surface area contributed by atoms with Crippen LogP contribution in [0, 0.1) is 20.8 Å². The third-order valence-electron chi connectivity index (χ3n) is 6.64. The fourth-order valence-corrected chi connectivity index (χ4v) is 6.16. The normalized spacial score (nSPS) is 12.5. The van der Waals surface area contributed by atoms with Gasteiger partial charge in [0.15, 0.2) is 0 Å². The van der Waals surface area contributed by atoms with Crippen molar-refractivity contribution in [3.05, 3.63) is 93.5 Å². The summed E-state index contributed by atoms with van der Waals surface area (Å²) in [5.74, 6) is -0.816. The number of carbonyl (C=O) groups excluding carboxylic acids is 2. The van der Waals surface area contributed by atoms with Crippen molar-refractivity contribution >= 4 is 43.5 Å². The molecule has 1 unspecified atom stereocenters. The third kappa shape index (κ3) is 7.73. The SMILES string of the molecule is Cc1ccc(S(=O)(=O)N(CC(=O)N(Cc2cccc(Br)c2)C(C)C(=O)NC(C)(C)C)c2cccc(C)c2C)cc1. The fraction of sp³-hybridized carbons (Fsp3) is 0.355. The molecular weight excluding hydrogens is 590 g/mol. The molecule has 214 valence electrons. The summed E-state index contributed by atoms with van der Waals surface area (Å²) in [4.78, 5) is 28.8. The molecular formula is C31H38BrN3O4S. The predicted molar refractivity (Wildman–Crippen MR) is 164 cm³/mol.